The zero-order valence-electron chi connectivity index (χ0n) is 8.28. The van der Waals surface area contributed by atoms with Crippen LogP contribution in [0.5, 0.6) is 5.75 Å². The van der Waals surface area contributed by atoms with Gasteiger partial charge in [-0.2, -0.15) is 15.6 Å². The Bertz CT molecular complexity index is 551. The van der Waals surface area contributed by atoms with E-state index >= 15 is 0 Å². The highest BCUT2D eigenvalue weighted by atomic mass is 16.6. The molecule has 0 saturated carbocycles. The van der Waals surface area contributed by atoms with Gasteiger partial charge in [-0.25, -0.2) is 0 Å². The first kappa shape index (κ1) is 11.9. The average molecular weight is 231 g/mol. The van der Waals surface area contributed by atoms with Crippen molar-refractivity contribution in [2.24, 2.45) is 5.10 Å². The van der Waals surface area contributed by atoms with Crippen LogP contribution >= 0.6 is 0 Å². The lowest BCUT2D eigenvalue weighted by atomic mass is 10.2. The minimum atomic E-state index is -0.726. The highest BCUT2D eigenvalue weighted by Gasteiger charge is 2.16. The molecule has 0 saturated heterocycles. The number of nitrogens with one attached hydrogen (secondary N) is 1. The molecule has 0 radical (unpaired) electrons. The summed E-state index contributed by atoms with van der Waals surface area (Å²) in [5.74, 6) is -0.404. The van der Waals surface area contributed by atoms with Gasteiger partial charge in [0.05, 0.1) is 4.92 Å². The number of rotatable bonds is 3. The van der Waals surface area contributed by atoms with Crippen LogP contribution in [0.4, 0.5) is 11.4 Å². The van der Waals surface area contributed by atoms with Crippen LogP contribution in [0, 0.1) is 32.8 Å². The van der Waals surface area contributed by atoms with Crippen molar-refractivity contribution >= 4 is 17.1 Å². The maximum Gasteiger partial charge on any atom is 0.298 e. The molecule has 1 aromatic rings. The molecule has 0 unspecified atom stereocenters. The van der Waals surface area contributed by atoms with Gasteiger partial charge in [0.25, 0.3) is 5.69 Å². The Kier molecular flexibility index (Phi) is 3.58. The maximum absolute atomic E-state index is 10.6. The summed E-state index contributed by atoms with van der Waals surface area (Å²) in [5.41, 5.74) is 0.914. The molecule has 0 spiro atoms. The second-order valence-corrected chi connectivity index (χ2v) is 2.72. The van der Waals surface area contributed by atoms with Crippen LogP contribution in [0.3, 0.4) is 0 Å². The van der Waals surface area contributed by atoms with Crippen LogP contribution in [-0.2, 0) is 0 Å². The number of nitro benzene ring substituents is 1. The summed E-state index contributed by atoms with van der Waals surface area (Å²) in [6.45, 7) is 0. The standard InChI is InChI=1S/C9H5N5O3/c10-4-6(5-11)12-13-9-7(14(16)17)2-1-3-8(9)15/h1-3,13,15H. The van der Waals surface area contributed by atoms with E-state index in [4.69, 9.17) is 10.5 Å². The SMILES string of the molecule is N#CC(C#N)=NNc1c(O)cccc1[N+](=O)[O-]. The van der Waals surface area contributed by atoms with Gasteiger partial charge in [0.15, 0.2) is 5.69 Å². The molecule has 0 heterocycles. The van der Waals surface area contributed by atoms with E-state index in [1.54, 1.807) is 0 Å². The summed E-state index contributed by atoms with van der Waals surface area (Å²) in [7, 11) is 0. The van der Waals surface area contributed by atoms with Crippen LogP contribution in [0.15, 0.2) is 23.3 Å². The molecular formula is C9H5N5O3. The number of hydrogen-bond donors (Lipinski definition) is 2. The number of anilines is 1. The lowest BCUT2D eigenvalue weighted by molar-refractivity contribution is -0.384. The third kappa shape index (κ3) is 2.67. The summed E-state index contributed by atoms with van der Waals surface area (Å²) in [6.07, 6.45) is 0. The predicted molar refractivity (Wildman–Crippen MR) is 57.0 cm³/mol. The molecule has 0 aliphatic heterocycles. The zero-order chi connectivity index (χ0) is 12.8. The van der Waals surface area contributed by atoms with E-state index in [1.165, 1.54) is 24.3 Å². The van der Waals surface area contributed by atoms with E-state index in [0.29, 0.717) is 0 Å². The van der Waals surface area contributed by atoms with Crippen molar-refractivity contribution in [2.75, 3.05) is 5.43 Å². The molecule has 84 valence electrons. The second-order valence-electron chi connectivity index (χ2n) is 2.72. The molecule has 8 nitrogen and oxygen atoms in total. The lowest BCUT2D eigenvalue weighted by Crippen LogP contribution is -2.00. The van der Waals surface area contributed by atoms with Crippen LogP contribution in [-0.4, -0.2) is 15.7 Å². The second kappa shape index (κ2) is 5.09. The van der Waals surface area contributed by atoms with Crippen LogP contribution in [0.1, 0.15) is 0 Å². The van der Waals surface area contributed by atoms with Crippen molar-refractivity contribution < 1.29 is 10.0 Å². The lowest BCUT2D eigenvalue weighted by Gasteiger charge is -2.03. The first-order valence-corrected chi connectivity index (χ1v) is 4.20. The predicted octanol–water partition coefficient (Wildman–Crippen LogP) is 1.12. The van der Waals surface area contributed by atoms with E-state index in [0.717, 1.165) is 6.07 Å². The highest BCUT2D eigenvalue weighted by molar-refractivity contribution is 6.10. The quantitative estimate of drug-likeness (QED) is 0.346. The van der Waals surface area contributed by atoms with Crippen molar-refractivity contribution in [1.82, 2.24) is 0 Å². The fourth-order valence-electron chi connectivity index (χ4n) is 0.982. The molecule has 0 aliphatic rings. The number of benzene rings is 1. The molecule has 0 aromatic heterocycles. The maximum atomic E-state index is 10.6. The fraction of sp³-hybridized carbons (Fsp3) is 0. The minimum Gasteiger partial charge on any atom is -0.505 e. The molecule has 0 aliphatic carbocycles. The summed E-state index contributed by atoms with van der Waals surface area (Å²) < 4.78 is 0. The van der Waals surface area contributed by atoms with Crippen molar-refractivity contribution in [3.8, 4) is 17.9 Å². The highest BCUT2D eigenvalue weighted by Crippen LogP contribution is 2.32. The number of nitro groups is 1. The zero-order valence-corrected chi connectivity index (χ0v) is 8.28. The third-order valence-corrected chi connectivity index (χ3v) is 1.71. The van der Waals surface area contributed by atoms with E-state index in [2.05, 4.69) is 10.5 Å². The molecule has 0 bridgehead atoms. The van der Waals surface area contributed by atoms with E-state index in [-0.39, 0.29) is 5.69 Å². The largest absolute Gasteiger partial charge is 0.505 e. The number of phenols is 1. The fourth-order valence-corrected chi connectivity index (χ4v) is 0.982. The average Bonchev–Trinajstić information content (AvgIpc) is 2.31. The molecule has 2 N–H and O–H groups in total. The Morgan fingerprint density at radius 2 is 2.12 bits per heavy atom. The normalized spacial score (nSPS) is 8.59. The Labute approximate surface area is 95.2 Å². The summed E-state index contributed by atoms with van der Waals surface area (Å²) in [6, 6.07) is 6.58. The minimum absolute atomic E-state index is 0.277. The van der Waals surface area contributed by atoms with E-state index in [9.17, 15) is 15.2 Å². The van der Waals surface area contributed by atoms with E-state index < -0.39 is 22.1 Å². The van der Waals surface area contributed by atoms with Gasteiger partial charge < -0.3 is 5.11 Å². The van der Waals surface area contributed by atoms with Gasteiger partial charge in [0, 0.05) is 6.07 Å². The Morgan fingerprint density at radius 3 is 2.65 bits per heavy atom. The number of nitriles is 2. The number of para-hydroxylation sites is 1. The van der Waals surface area contributed by atoms with Gasteiger partial charge in [-0.3, -0.25) is 15.5 Å². The van der Waals surface area contributed by atoms with Gasteiger partial charge in [0.2, 0.25) is 5.71 Å². The van der Waals surface area contributed by atoms with Crippen molar-refractivity contribution in [2.45, 2.75) is 0 Å². The summed E-state index contributed by atoms with van der Waals surface area (Å²) in [4.78, 5) is 9.91. The first-order valence-electron chi connectivity index (χ1n) is 4.20. The Hall–Kier alpha value is -3.13. The number of hydrazone groups is 1. The smallest absolute Gasteiger partial charge is 0.298 e. The Morgan fingerprint density at radius 1 is 1.47 bits per heavy atom. The van der Waals surface area contributed by atoms with Crippen LogP contribution in [0.25, 0.3) is 0 Å². The first-order chi connectivity index (χ1) is 8.10. The molecule has 1 rings (SSSR count). The third-order valence-electron chi connectivity index (χ3n) is 1.71. The van der Waals surface area contributed by atoms with Gasteiger partial charge in [-0.05, 0) is 6.07 Å². The molecule has 8 heteroatoms. The molecule has 0 amide bonds. The number of hydrogen-bond acceptors (Lipinski definition) is 7. The molecule has 0 atom stereocenters. The summed E-state index contributed by atoms with van der Waals surface area (Å²) in [5, 5.41) is 40.2. The number of aromatic hydroxyl groups is 1. The van der Waals surface area contributed by atoms with Crippen LogP contribution in [0.2, 0.25) is 0 Å². The van der Waals surface area contributed by atoms with Crippen LogP contribution < -0.4 is 5.43 Å². The molecule has 0 fully saturated rings. The monoisotopic (exact) mass is 231 g/mol. The molecule has 17 heavy (non-hydrogen) atoms. The van der Waals surface area contributed by atoms with Gasteiger partial charge in [-0.1, -0.05) is 6.07 Å². The topological polar surface area (TPSA) is 135 Å². The van der Waals surface area contributed by atoms with Crippen molar-refractivity contribution in [1.29, 1.82) is 10.5 Å². The van der Waals surface area contributed by atoms with Crippen molar-refractivity contribution in [3.63, 3.8) is 0 Å². The van der Waals surface area contributed by atoms with Gasteiger partial charge in [-0.15, -0.1) is 0 Å². The number of phenolic OH excluding ortho intramolecular Hbond substituents is 1. The molecule has 1 aromatic carbocycles. The molecular weight excluding hydrogens is 226 g/mol. The number of nitrogens with zero attached hydrogens (tertiary/aromatic N) is 4. The van der Waals surface area contributed by atoms with E-state index in [1.807, 2.05) is 0 Å². The van der Waals surface area contributed by atoms with Gasteiger partial charge in [0.1, 0.15) is 17.9 Å². The van der Waals surface area contributed by atoms with Gasteiger partial charge >= 0.3 is 0 Å². The summed E-state index contributed by atoms with van der Waals surface area (Å²) >= 11 is 0. The van der Waals surface area contributed by atoms with Crippen molar-refractivity contribution in [3.05, 3.63) is 28.3 Å². The Balaban J connectivity index is 3.16.